The van der Waals surface area contributed by atoms with Gasteiger partial charge in [-0.1, -0.05) is 73.7 Å². The SMILES string of the molecule is CC(C)(C)OC(=O)Cn1cc(C(CC2CCCC2)C(=O)Nc2ccccn2)c2cc(Cl)c(C(O)c3ccccc3)cc21. The summed E-state index contributed by atoms with van der Waals surface area (Å²) in [4.78, 5) is 31.2. The molecule has 2 atom stereocenters. The Balaban J connectivity index is 1.61. The zero-order chi connectivity index (χ0) is 29.9. The van der Waals surface area contributed by atoms with Crippen LogP contribution in [0.15, 0.2) is 73.1 Å². The standard InChI is InChI=1S/C34H38ClN3O4/c1-34(2,3)42-31(39)21-38-20-27(24-18-28(35)26(19-29(24)38)32(40)23-13-5-4-6-14-23)25(17-22-11-7-8-12-22)33(41)37-30-15-9-10-16-36-30/h4-6,9-10,13-16,18-20,22,25,32,40H,7-8,11-12,17,21H2,1-3H3,(H,36,37,41). The summed E-state index contributed by atoms with van der Waals surface area (Å²) in [6.07, 6.45) is 7.72. The van der Waals surface area contributed by atoms with Gasteiger partial charge in [-0.15, -0.1) is 0 Å². The molecule has 1 aliphatic rings. The number of nitrogens with one attached hydrogen (secondary N) is 1. The van der Waals surface area contributed by atoms with Crippen molar-refractivity contribution in [3.05, 3.63) is 94.8 Å². The highest BCUT2D eigenvalue weighted by Crippen LogP contribution is 2.40. The number of amides is 1. The Labute approximate surface area is 251 Å². The predicted octanol–water partition coefficient (Wildman–Crippen LogP) is 7.42. The van der Waals surface area contributed by atoms with Crippen LogP contribution >= 0.6 is 11.6 Å². The highest BCUT2D eigenvalue weighted by Gasteiger charge is 2.31. The van der Waals surface area contributed by atoms with Crippen LogP contribution in [0.1, 0.15) is 81.6 Å². The topological polar surface area (TPSA) is 93.5 Å². The zero-order valence-corrected chi connectivity index (χ0v) is 25.1. The number of ether oxygens (including phenoxy) is 1. The van der Waals surface area contributed by atoms with E-state index in [4.69, 9.17) is 16.3 Å². The van der Waals surface area contributed by atoms with Crippen LogP contribution in [0.3, 0.4) is 0 Å². The predicted molar refractivity (Wildman–Crippen MR) is 165 cm³/mol. The van der Waals surface area contributed by atoms with Crippen LogP contribution < -0.4 is 5.32 Å². The molecule has 0 bridgehead atoms. The Bertz CT molecular complexity index is 1540. The Kier molecular flexibility index (Phi) is 8.99. The quantitative estimate of drug-likeness (QED) is 0.199. The van der Waals surface area contributed by atoms with E-state index in [1.54, 1.807) is 18.3 Å². The summed E-state index contributed by atoms with van der Waals surface area (Å²) in [5.74, 6) is -0.123. The molecule has 1 amide bonds. The van der Waals surface area contributed by atoms with Crippen molar-refractivity contribution in [3.8, 4) is 0 Å². The number of hydrogen-bond acceptors (Lipinski definition) is 5. The van der Waals surface area contributed by atoms with E-state index in [-0.39, 0.29) is 12.5 Å². The van der Waals surface area contributed by atoms with Crippen LogP contribution in [-0.2, 0) is 20.9 Å². The van der Waals surface area contributed by atoms with Crippen molar-refractivity contribution in [2.45, 2.75) is 77.0 Å². The van der Waals surface area contributed by atoms with Crippen molar-refractivity contribution in [3.63, 3.8) is 0 Å². The van der Waals surface area contributed by atoms with Gasteiger partial charge in [0.2, 0.25) is 5.91 Å². The Morgan fingerprint density at radius 3 is 2.45 bits per heavy atom. The maximum absolute atomic E-state index is 13.9. The molecule has 0 radical (unpaired) electrons. The van der Waals surface area contributed by atoms with E-state index >= 15 is 0 Å². The molecule has 220 valence electrons. The number of aromatic nitrogens is 2. The van der Waals surface area contributed by atoms with Crippen molar-refractivity contribution in [2.75, 3.05) is 5.32 Å². The maximum atomic E-state index is 13.9. The molecule has 2 heterocycles. The van der Waals surface area contributed by atoms with Gasteiger partial charge in [-0.2, -0.15) is 0 Å². The van der Waals surface area contributed by atoms with E-state index in [0.717, 1.165) is 36.6 Å². The first-order chi connectivity index (χ1) is 20.1. The number of nitrogens with zero attached hydrogens (tertiary/aromatic N) is 2. The first kappa shape index (κ1) is 29.8. The third-order valence-corrected chi connectivity index (χ3v) is 8.14. The Morgan fingerprint density at radius 2 is 1.79 bits per heavy atom. The third-order valence-electron chi connectivity index (χ3n) is 7.81. The van der Waals surface area contributed by atoms with Crippen molar-refractivity contribution in [1.82, 2.24) is 9.55 Å². The first-order valence-corrected chi connectivity index (χ1v) is 15.0. The normalized spacial score (nSPS) is 15.5. The molecule has 0 spiro atoms. The minimum absolute atomic E-state index is 0.0473. The van der Waals surface area contributed by atoms with Gasteiger partial charge in [-0.05, 0) is 68.5 Å². The number of rotatable bonds is 9. The number of pyridine rings is 1. The molecule has 4 aromatic rings. The molecule has 42 heavy (non-hydrogen) atoms. The lowest BCUT2D eigenvalue weighted by molar-refractivity contribution is -0.155. The Hall–Kier alpha value is -3.68. The monoisotopic (exact) mass is 587 g/mol. The fourth-order valence-corrected chi connectivity index (χ4v) is 6.17. The molecule has 1 saturated carbocycles. The molecular weight excluding hydrogens is 550 g/mol. The molecule has 1 fully saturated rings. The summed E-state index contributed by atoms with van der Waals surface area (Å²) in [7, 11) is 0. The molecule has 8 heteroatoms. The van der Waals surface area contributed by atoms with Gasteiger partial charge in [-0.3, -0.25) is 9.59 Å². The van der Waals surface area contributed by atoms with Gasteiger partial charge < -0.3 is 19.7 Å². The molecule has 2 unspecified atom stereocenters. The number of esters is 1. The van der Waals surface area contributed by atoms with Gasteiger partial charge in [0.1, 0.15) is 24.1 Å². The van der Waals surface area contributed by atoms with Crippen LogP contribution in [0.4, 0.5) is 5.82 Å². The fraction of sp³-hybridized carbons (Fsp3) is 0.382. The van der Waals surface area contributed by atoms with Gasteiger partial charge in [0, 0.05) is 33.9 Å². The molecule has 0 saturated heterocycles. The van der Waals surface area contributed by atoms with Gasteiger partial charge in [0.05, 0.1) is 5.92 Å². The fourth-order valence-electron chi connectivity index (χ4n) is 5.90. The summed E-state index contributed by atoms with van der Waals surface area (Å²) in [6.45, 7) is 5.45. The maximum Gasteiger partial charge on any atom is 0.326 e. The lowest BCUT2D eigenvalue weighted by atomic mass is 9.86. The van der Waals surface area contributed by atoms with Crippen LogP contribution in [0, 0.1) is 5.92 Å². The number of aliphatic hydroxyl groups is 1. The number of fused-ring (bicyclic) bond motifs is 1. The number of carbonyl (C=O) groups excluding carboxylic acids is 2. The van der Waals surface area contributed by atoms with Gasteiger partial charge in [0.15, 0.2) is 0 Å². The first-order valence-electron chi connectivity index (χ1n) is 14.6. The number of halogens is 1. The average molecular weight is 588 g/mol. The molecule has 2 N–H and O–H groups in total. The number of anilines is 1. The minimum Gasteiger partial charge on any atom is -0.459 e. The van der Waals surface area contributed by atoms with E-state index in [1.165, 1.54) is 0 Å². The van der Waals surface area contributed by atoms with Gasteiger partial charge >= 0.3 is 5.97 Å². The van der Waals surface area contributed by atoms with Crippen LogP contribution in [-0.4, -0.2) is 32.1 Å². The van der Waals surface area contributed by atoms with Crippen molar-refractivity contribution in [2.24, 2.45) is 5.92 Å². The van der Waals surface area contributed by atoms with Gasteiger partial charge in [0.25, 0.3) is 0 Å². The lowest BCUT2D eigenvalue weighted by Crippen LogP contribution is -2.26. The number of benzene rings is 2. The molecule has 0 aliphatic heterocycles. The van der Waals surface area contributed by atoms with Crippen LogP contribution in [0.25, 0.3) is 10.9 Å². The number of hydrogen-bond donors (Lipinski definition) is 2. The summed E-state index contributed by atoms with van der Waals surface area (Å²) in [5.41, 5.74) is 2.08. The number of carbonyl (C=O) groups is 2. The Morgan fingerprint density at radius 1 is 1.07 bits per heavy atom. The second kappa shape index (κ2) is 12.7. The van der Waals surface area contributed by atoms with Gasteiger partial charge in [-0.25, -0.2) is 4.98 Å². The second-order valence-electron chi connectivity index (χ2n) is 12.1. The smallest absolute Gasteiger partial charge is 0.326 e. The molecule has 7 nitrogen and oxygen atoms in total. The number of aliphatic hydroxyl groups excluding tert-OH is 1. The average Bonchev–Trinajstić information content (AvgIpc) is 3.58. The molecule has 1 aliphatic carbocycles. The van der Waals surface area contributed by atoms with E-state index in [2.05, 4.69) is 10.3 Å². The molecule has 2 aromatic heterocycles. The largest absolute Gasteiger partial charge is 0.459 e. The van der Waals surface area contributed by atoms with E-state index in [9.17, 15) is 14.7 Å². The second-order valence-corrected chi connectivity index (χ2v) is 12.6. The van der Waals surface area contributed by atoms with Crippen molar-refractivity contribution >= 4 is 40.2 Å². The highest BCUT2D eigenvalue weighted by molar-refractivity contribution is 6.32. The van der Waals surface area contributed by atoms with Crippen molar-refractivity contribution < 1.29 is 19.4 Å². The lowest BCUT2D eigenvalue weighted by Gasteiger charge is -2.20. The summed E-state index contributed by atoms with van der Waals surface area (Å²) in [6, 6.07) is 18.3. The zero-order valence-electron chi connectivity index (χ0n) is 24.3. The highest BCUT2D eigenvalue weighted by atomic mass is 35.5. The minimum atomic E-state index is -0.960. The summed E-state index contributed by atoms with van der Waals surface area (Å²) in [5, 5.41) is 15.4. The van der Waals surface area contributed by atoms with Crippen molar-refractivity contribution in [1.29, 1.82) is 0 Å². The van der Waals surface area contributed by atoms with Crippen LogP contribution in [0.2, 0.25) is 5.02 Å². The van der Waals surface area contributed by atoms with E-state index in [1.807, 2.05) is 80.1 Å². The summed E-state index contributed by atoms with van der Waals surface area (Å²) >= 11 is 6.83. The molecule has 5 rings (SSSR count). The van der Waals surface area contributed by atoms with E-state index in [0.29, 0.717) is 39.8 Å². The summed E-state index contributed by atoms with van der Waals surface area (Å²) < 4.78 is 7.45. The van der Waals surface area contributed by atoms with Crippen LogP contribution in [0.5, 0.6) is 0 Å². The van der Waals surface area contributed by atoms with E-state index < -0.39 is 23.6 Å². The molecule has 2 aromatic carbocycles. The third kappa shape index (κ3) is 7.02. The molecular formula is C34H38ClN3O4.